The number of nitrogens with zero attached hydrogens (tertiary/aromatic N) is 1. The molecule has 0 spiro atoms. The van der Waals surface area contributed by atoms with Crippen molar-refractivity contribution in [1.29, 1.82) is 0 Å². The van der Waals surface area contributed by atoms with Crippen LogP contribution in [0.4, 0.5) is 16.2 Å². The third-order valence-electron chi connectivity index (χ3n) is 3.88. The second-order valence-electron chi connectivity index (χ2n) is 5.57. The number of benzene rings is 2. The van der Waals surface area contributed by atoms with Crippen LogP contribution >= 0.6 is 0 Å². The molecule has 6 nitrogen and oxygen atoms in total. The molecule has 6 heteroatoms. The lowest BCUT2D eigenvalue weighted by Gasteiger charge is -2.17. The molecule has 1 unspecified atom stereocenters. The van der Waals surface area contributed by atoms with Gasteiger partial charge in [-0.1, -0.05) is 18.2 Å². The van der Waals surface area contributed by atoms with E-state index in [1.807, 2.05) is 54.6 Å². The van der Waals surface area contributed by atoms with Crippen molar-refractivity contribution in [3.63, 3.8) is 0 Å². The molecule has 24 heavy (non-hydrogen) atoms. The number of methoxy groups -OCH3 is 1. The number of ether oxygens (including phenoxy) is 1. The van der Waals surface area contributed by atoms with Gasteiger partial charge in [-0.2, -0.15) is 0 Å². The highest BCUT2D eigenvalue weighted by atomic mass is 16.5. The van der Waals surface area contributed by atoms with E-state index in [0.29, 0.717) is 12.2 Å². The van der Waals surface area contributed by atoms with Crippen molar-refractivity contribution < 1.29 is 14.3 Å². The van der Waals surface area contributed by atoms with E-state index in [9.17, 15) is 9.59 Å². The number of carbonyl (C=O) groups excluding carboxylic acids is 2. The topological polar surface area (TPSA) is 70.7 Å². The average molecular weight is 325 g/mol. The van der Waals surface area contributed by atoms with Crippen LogP contribution in [-0.4, -0.2) is 31.6 Å². The minimum Gasteiger partial charge on any atom is -0.497 e. The maximum absolute atomic E-state index is 12.2. The summed E-state index contributed by atoms with van der Waals surface area (Å²) in [6.45, 7) is 0.452. The van der Waals surface area contributed by atoms with E-state index in [1.165, 1.54) is 0 Å². The highest BCUT2D eigenvalue weighted by Gasteiger charge is 2.31. The molecule has 1 heterocycles. The van der Waals surface area contributed by atoms with Crippen LogP contribution < -0.4 is 20.3 Å². The van der Waals surface area contributed by atoms with Crippen LogP contribution in [0.1, 0.15) is 6.42 Å². The molecule has 0 aromatic heterocycles. The largest absolute Gasteiger partial charge is 0.497 e. The van der Waals surface area contributed by atoms with Gasteiger partial charge in [0.05, 0.1) is 13.2 Å². The predicted molar refractivity (Wildman–Crippen MR) is 92.3 cm³/mol. The number of nitrogens with one attached hydrogen (secondary N) is 2. The van der Waals surface area contributed by atoms with Crippen molar-refractivity contribution in [1.82, 2.24) is 5.32 Å². The minimum atomic E-state index is -0.310. The fourth-order valence-electron chi connectivity index (χ4n) is 2.69. The van der Waals surface area contributed by atoms with Crippen LogP contribution in [0.25, 0.3) is 0 Å². The first kappa shape index (κ1) is 15.9. The van der Waals surface area contributed by atoms with Crippen molar-refractivity contribution in [3.8, 4) is 5.75 Å². The van der Waals surface area contributed by atoms with E-state index in [-0.39, 0.29) is 24.4 Å². The molecule has 0 radical (unpaired) electrons. The van der Waals surface area contributed by atoms with Crippen LogP contribution in [0.5, 0.6) is 5.75 Å². The van der Waals surface area contributed by atoms with Gasteiger partial charge in [0, 0.05) is 24.3 Å². The van der Waals surface area contributed by atoms with Crippen LogP contribution in [0, 0.1) is 0 Å². The van der Waals surface area contributed by atoms with Crippen LogP contribution in [0.15, 0.2) is 54.6 Å². The quantitative estimate of drug-likeness (QED) is 0.908. The highest BCUT2D eigenvalue weighted by molar-refractivity contribution is 5.97. The maximum Gasteiger partial charge on any atom is 0.319 e. The number of anilines is 2. The molecule has 2 N–H and O–H groups in total. The van der Waals surface area contributed by atoms with E-state index < -0.39 is 0 Å². The van der Waals surface area contributed by atoms with Gasteiger partial charge in [-0.05, 0) is 36.4 Å². The zero-order valence-electron chi connectivity index (χ0n) is 13.4. The van der Waals surface area contributed by atoms with E-state index in [2.05, 4.69) is 10.6 Å². The van der Waals surface area contributed by atoms with Crippen molar-refractivity contribution in [2.24, 2.45) is 0 Å². The Kier molecular flexibility index (Phi) is 4.65. The smallest absolute Gasteiger partial charge is 0.319 e. The number of carbonyl (C=O) groups is 2. The van der Waals surface area contributed by atoms with Gasteiger partial charge < -0.3 is 20.3 Å². The summed E-state index contributed by atoms with van der Waals surface area (Å²) in [5, 5.41) is 5.60. The maximum atomic E-state index is 12.2. The zero-order valence-corrected chi connectivity index (χ0v) is 13.4. The lowest BCUT2D eigenvalue weighted by molar-refractivity contribution is -0.117. The van der Waals surface area contributed by atoms with Gasteiger partial charge in [0.15, 0.2) is 0 Å². The zero-order chi connectivity index (χ0) is 16.9. The first-order valence-electron chi connectivity index (χ1n) is 7.72. The summed E-state index contributed by atoms with van der Waals surface area (Å²) < 4.78 is 5.12. The third kappa shape index (κ3) is 3.65. The summed E-state index contributed by atoms with van der Waals surface area (Å²) >= 11 is 0. The molecule has 1 aliphatic heterocycles. The van der Waals surface area contributed by atoms with Gasteiger partial charge in [0.2, 0.25) is 5.91 Å². The number of hydrogen-bond donors (Lipinski definition) is 2. The lowest BCUT2D eigenvalue weighted by atomic mass is 10.2. The number of amides is 3. The van der Waals surface area contributed by atoms with Crippen molar-refractivity contribution in [2.45, 2.75) is 12.5 Å². The van der Waals surface area contributed by atoms with Crippen LogP contribution in [0.3, 0.4) is 0 Å². The predicted octanol–water partition coefficient (Wildman–Crippen LogP) is 2.62. The van der Waals surface area contributed by atoms with Crippen molar-refractivity contribution in [2.75, 3.05) is 23.9 Å². The first-order valence-corrected chi connectivity index (χ1v) is 7.72. The van der Waals surface area contributed by atoms with E-state index >= 15 is 0 Å². The SMILES string of the molecule is COc1ccc(N2CC(NC(=O)Nc3ccccc3)CC2=O)cc1. The van der Waals surface area contributed by atoms with Gasteiger partial charge in [-0.25, -0.2) is 4.79 Å². The summed E-state index contributed by atoms with van der Waals surface area (Å²) in [6.07, 6.45) is 0.286. The highest BCUT2D eigenvalue weighted by Crippen LogP contribution is 2.24. The lowest BCUT2D eigenvalue weighted by Crippen LogP contribution is -2.39. The molecule has 3 rings (SSSR count). The molecule has 1 atom stereocenters. The molecular formula is C18H19N3O3. The summed E-state index contributed by atoms with van der Waals surface area (Å²) in [6, 6.07) is 16.0. The molecule has 0 bridgehead atoms. The molecule has 0 saturated carbocycles. The summed E-state index contributed by atoms with van der Waals surface area (Å²) in [5.74, 6) is 0.729. The molecule has 3 amide bonds. The van der Waals surface area contributed by atoms with E-state index in [4.69, 9.17) is 4.74 Å². The summed E-state index contributed by atoms with van der Waals surface area (Å²) in [5.41, 5.74) is 1.51. The fraction of sp³-hybridized carbons (Fsp3) is 0.222. The molecule has 124 valence electrons. The molecule has 0 aliphatic carbocycles. The van der Waals surface area contributed by atoms with Gasteiger partial charge in [0.25, 0.3) is 0 Å². The second kappa shape index (κ2) is 7.04. The molecule has 1 aliphatic rings. The number of para-hydroxylation sites is 1. The van der Waals surface area contributed by atoms with Crippen LogP contribution in [-0.2, 0) is 4.79 Å². The monoisotopic (exact) mass is 325 g/mol. The fourth-order valence-corrected chi connectivity index (χ4v) is 2.69. The van der Waals surface area contributed by atoms with Gasteiger partial charge >= 0.3 is 6.03 Å². The number of urea groups is 1. The summed E-state index contributed by atoms with van der Waals surface area (Å²) in [4.78, 5) is 25.9. The van der Waals surface area contributed by atoms with Gasteiger partial charge in [-0.3, -0.25) is 4.79 Å². The third-order valence-corrected chi connectivity index (χ3v) is 3.88. The first-order chi connectivity index (χ1) is 11.7. The number of hydrogen-bond acceptors (Lipinski definition) is 3. The van der Waals surface area contributed by atoms with Crippen molar-refractivity contribution >= 4 is 23.3 Å². The standard InChI is InChI=1S/C18H19N3O3/c1-24-16-9-7-15(8-10-16)21-12-14(11-17(21)22)20-18(23)19-13-5-3-2-4-6-13/h2-10,14H,11-12H2,1H3,(H2,19,20,23). The Hall–Kier alpha value is -3.02. The van der Waals surface area contributed by atoms with Crippen molar-refractivity contribution in [3.05, 3.63) is 54.6 Å². The Bertz CT molecular complexity index is 716. The molecule has 1 saturated heterocycles. The van der Waals surface area contributed by atoms with E-state index in [0.717, 1.165) is 11.4 Å². The minimum absolute atomic E-state index is 0.00909. The molecular weight excluding hydrogens is 306 g/mol. The van der Waals surface area contributed by atoms with Crippen LogP contribution in [0.2, 0.25) is 0 Å². The molecule has 2 aromatic carbocycles. The van der Waals surface area contributed by atoms with E-state index in [1.54, 1.807) is 12.0 Å². The Morgan fingerprint density at radius 2 is 1.83 bits per heavy atom. The van der Waals surface area contributed by atoms with Gasteiger partial charge in [-0.15, -0.1) is 0 Å². The molecule has 2 aromatic rings. The summed E-state index contributed by atoms with van der Waals surface area (Å²) in [7, 11) is 1.60. The Morgan fingerprint density at radius 3 is 2.50 bits per heavy atom. The Morgan fingerprint density at radius 1 is 1.12 bits per heavy atom. The molecule has 1 fully saturated rings. The Labute approximate surface area is 140 Å². The Balaban J connectivity index is 1.59. The normalized spacial score (nSPS) is 16.8. The number of rotatable bonds is 4. The van der Waals surface area contributed by atoms with Gasteiger partial charge in [0.1, 0.15) is 5.75 Å². The average Bonchev–Trinajstić information content (AvgIpc) is 2.96. The second-order valence-corrected chi connectivity index (χ2v) is 5.57.